The third-order valence-electron chi connectivity index (χ3n) is 3.47. The summed E-state index contributed by atoms with van der Waals surface area (Å²) in [7, 11) is -3.50. The van der Waals surface area contributed by atoms with E-state index in [1.165, 1.54) is 0 Å². The van der Waals surface area contributed by atoms with E-state index in [9.17, 15) is 13.5 Å². The van der Waals surface area contributed by atoms with Gasteiger partial charge in [0.1, 0.15) is 0 Å². The molecule has 100 valence electrons. The van der Waals surface area contributed by atoms with Gasteiger partial charge in [0.2, 0.25) is 10.0 Å². The fourth-order valence-corrected chi connectivity index (χ4v) is 3.75. The van der Waals surface area contributed by atoms with E-state index in [0.717, 1.165) is 18.4 Å². The summed E-state index contributed by atoms with van der Waals surface area (Å²) in [6.45, 7) is 5.40. The Morgan fingerprint density at radius 1 is 1.28 bits per heavy atom. The maximum atomic E-state index is 12.3. The zero-order valence-electron chi connectivity index (χ0n) is 10.9. The van der Waals surface area contributed by atoms with E-state index in [1.54, 1.807) is 19.1 Å². The van der Waals surface area contributed by atoms with Crippen LogP contribution in [0.4, 0.5) is 0 Å². The van der Waals surface area contributed by atoms with Crippen LogP contribution in [0, 0.1) is 13.8 Å². The number of hydrogen-bond acceptors (Lipinski definition) is 3. The Morgan fingerprint density at radius 2 is 1.89 bits per heavy atom. The lowest BCUT2D eigenvalue weighted by Crippen LogP contribution is -2.34. The number of aliphatic hydroxyl groups excluding tert-OH is 1. The van der Waals surface area contributed by atoms with Crippen LogP contribution < -0.4 is 4.72 Å². The number of nitrogens with one attached hydrogen (secondary N) is 1. The van der Waals surface area contributed by atoms with Gasteiger partial charge in [0.05, 0.1) is 11.5 Å². The van der Waals surface area contributed by atoms with Gasteiger partial charge in [0, 0.05) is 5.54 Å². The van der Waals surface area contributed by atoms with E-state index in [4.69, 9.17) is 0 Å². The predicted molar refractivity (Wildman–Crippen MR) is 69.8 cm³/mol. The second-order valence-corrected chi connectivity index (χ2v) is 7.02. The minimum Gasteiger partial charge on any atom is -0.392 e. The normalized spacial score (nSPS) is 17.8. The van der Waals surface area contributed by atoms with Crippen molar-refractivity contribution < 1.29 is 13.5 Å². The van der Waals surface area contributed by atoms with Crippen molar-refractivity contribution in [3.05, 3.63) is 28.8 Å². The van der Waals surface area contributed by atoms with Crippen LogP contribution in [-0.2, 0) is 16.6 Å². The number of aliphatic hydroxyl groups is 1. The first-order chi connectivity index (χ1) is 8.27. The molecule has 0 spiro atoms. The van der Waals surface area contributed by atoms with E-state index >= 15 is 0 Å². The zero-order valence-corrected chi connectivity index (χ0v) is 11.8. The van der Waals surface area contributed by atoms with Gasteiger partial charge in [-0.1, -0.05) is 6.07 Å². The summed E-state index contributed by atoms with van der Waals surface area (Å²) in [6.07, 6.45) is 1.76. The van der Waals surface area contributed by atoms with Crippen LogP contribution in [0.2, 0.25) is 0 Å². The minimum absolute atomic E-state index is 0.147. The largest absolute Gasteiger partial charge is 0.392 e. The summed E-state index contributed by atoms with van der Waals surface area (Å²) in [5.74, 6) is 0. The minimum atomic E-state index is -3.50. The molecular formula is C13H19NO3S. The molecule has 0 radical (unpaired) electrons. The number of sulfonamides is 1. The molecular weight excluding hydrogens is 250 g/mol. The van der Waals surface area contributed by atoms with Crippen LogP contribution in [0.15, 0.2) is 17.0 Å². The lowest BCUT2D eigenvalue weighted by atomic mass is 10.1. The van der Waals surface area contributed by atoms with Crippen molar-refractivity contribution in [3.63, 3.8) is 0 Å². The topological polar surface area (TPSA) is 66.4 Å². The monoisotopic (exact) mass is 269 g/mol. The molecule has 5 heteroatoms. The van der Waals surface area contributed by atoms with Crippen molar-refractivity contribution >= 4 is 10.0 Å². The van der Waals surface area contributed by atoms with Crippen LogP contribution in [0.3, 0.4) is 0 Å². The van der Waals surface area contributed by atoms with Gasteiger partial charge >= 0.3 is 0 Å². The van der Waals surface area contributed by atoms with Crippen LogP contribution in [-0.4, -0.2) is 19.1 Å². The highest BCUT2D eigenvalue weighted by Gasteiger charge is 2.41. The van der Waals surface area contributed by atoms with Gasteiger partial charge in [-0.15, -0.1) is 0 Å². The molecule has 2 N–H and O–H groups in total. The first-order valence-corrected chi connectivity index (χ1v) is 7.51. The van der Waals surface area contributed by atoms with Crippen LogP contribution in [0.1, 0.15) is 36.5 Å². The van der Waals surface area contributed by atoms with Crippen molar-refractivity contribution in [2.24, 2.45) is 0 Å². The lowest BCUT2D eigenvalue weighted by Gasteiger charge is -2.15. The molecule has 1 aromatic carbocycles. The molecule has 1 aromatic rings. The summed E-state index contributed by atoms with van der Waals surface area (Å²) in [5.41, 5.74) is 1.99. The molecule has 0 atom stereocenters. The fraction of sp³-hybridized carbons (Fsp3) is 0.538. The van der Waals surface area contributed by atoms with Gasteiger partial charge in [-0.3, -0.25) is 0 Å². The van der Waals surface area contributed by atoms with E-state index < -0.39 is 10.0 Å². The summed E-state index contributed by atoms with van der Waals surface area (Å²) < 4.78 is 27.3. The molecule has 1 aliphatic rings. The highest BCUT2D eigenvalue weighted by atomic mass is 32.2. The van der Waals surface area contributed by atoms with E-state index in [2.05, 4.69) is 4.72 Å². The smallest absolute Gasteiger partial charge is 0.241 e. The van der Waals surface area contributed by atoms with Crippen molar-refractivity contribution in [1.29, 1.82) is 0 Å². The van der Waals surface area contributed by atoms with Crippen molar-refractivity contribution in [1.82, 2.24) is 4.72 Å². The van der Waals surface area contributed by atoms with Gasteiger partial charge in [-0.2, -0.15) is 0 Å². The van der Waals surface area contributed by atoms with Gasteiger partial charge in [-0.25, -0.2) is 13.1 Å². The Kier molecular flexibility index (Phi) is 3.25. The van der Waals surface area contributed by atoms with E-state index in [0.29, 0.717) is 11.1 Å². The van der Waals surface area contributed by atoms with Gasteiger partial charge in [0.25, 0.3) is 0 Å². The average Bonchev–Trinajstić information content (AvgIpc) is 2.94. The van der Waals surface area contributed by atoms with Crippen LogP contribution in [0.25, 0.3) is 0 Å². The highest BCUT2D eigenvalue weighted by molar-refractivity contribution is 7.89. The fourth-order valence-electron chi connectivity index (χ4n) is 2.00. The number of aryl methyl sites for hydroxylation is 2. The molecule has 0 aromatic heterocycles. The Balaban J connectivity index is 2.43. The SMILES string of the molecule is Cc1cc(C)c(S(=O)(=O)NC2(C)CC2)cc1CO. The van der Waals surface area contributed by atoms with Crippen molar-refractivity contribution in [2.75, 3.05) is 0 Å². The molecule has 18 heavy (non-hydrogen) atoms. The first kappa shape index (κ1) is 13.5. The molecule has 0 aliphatic heterocycles. The Bertz CT molecular complexity index is 574. The second kappa shape index (κ2) is 4.33. The third kappa shape index (κ3) is 2.58. The summed E-state index contributed by atoms with van der Waals surface area (Å²) >= 11 is 0. The molecule has 0 unspecified atom stereocenters. The standard InChI is InChI=1S/C13H19NO3S/c1-9-6-10(2)12(7-11(9)8-15)18(16,17)14-13(3)4-5-13/h6-7,14-15H,4-5,8H2,1-3H3. The lowest BCUT2D eigenvalue weighted by molar-refractivity contribution is 0.280. The van der Waals surface area contributed by atoms with Crippen LogP contribution >= 0.6 is 0 Å². The number of hydrogen-bond donors (Lipinski definition) is 2. The Morgan fingerprint density at radius 3 is 2.39 bits per heavy atom. The summed E-state index contributed by atoms with van der Waals surface area (Å²) in [5, 5.41) is 9.23. The van der Waals surface area contributed by atoms with E-state index in [-0.39, 0.29) is 17.0 Å². The maximum Gasteiger partial charge on any atom is 0.241 e. The van der Waals surface area contributed by atoms with Crippen LogP contribution in [0.5, 0.6) is 0 Å². The zero-order chi connectivity index (χ0) is 13.6. The van der Waals surface area contributed by atoms with Gasteiger partial charge < -0.3 is 5.11 Å². The number of benzene rings is 1. The molecule has 0 amide bonds. The van der Waals surface area contributed by atoms with Gasteiger partial charge in [0.15, 0.2) is 0 Å². The highest BCUT2D eigenvalue weighted by Crippen LogP contribution is 2.36. The van der Waals surface area contributed by atoms with Crippen molar-refractivity contribution in [2.45, 2.75) is 50.7 Å². The molecule has 0 saturated heterocycles. The average molecular weight is 269 g/mol. The van der Waals surface area contributed by atoms with Gasteiger partial charge in [-0.05, 0) is 56.4 Å². The molecule has 0 heterocycles. The molecule has 4 nitrogen and oxygen atoms in total. The Hall–Kier alpha value is -0.910. The Labute approximate surface area is 108 Å². The van der Waals surface area contributed by atoms with E-state index in [1.807, 2.05) is 13.8 Å². The number of rotatable bonds is 4. The molecule has 0 bridgehead atoms. The summed E-state index contributed by atoms with van der Waals surface area (Å²) in [6, 6.07) is 3.37. The summed E-state index contributed by atoms with van der Waals surface area (Å²) in [4.78, 5) is 0.269. The third-order valence-corrected chi connectivity index (χ3v) is 5.25. The molecule has 1 aliphatic carbocycles. The molecule has 2 rings (SSSR count). The maximum absolute atomic E-state index is 12.3. The molecule has 1 fully saturated rings. The quantitative estimate of drug-likeness (QED) is 0.873. The van der Waals surface area contributed by atoms with Crippen molar-refractivity contribution in [3.8, 4) is 0 Å². The second-order valence-electron chi connectivity index (χ2n) is 5.37. The first-order valence-electron chi connectivity index (χ1n) is 6.02. The predicted octanol–water partition coefficient (Wildman–Crippen LogP) is 1.63. The molecule has 1 saturated carbocycles.